The van der Waals surface area contributed by atoms with Crippen LogP contribution in [0.15, 0.2) is 66.7 Å². The van der Waals surface area contributed by atoms with Gasteiger partial charge in [-0.2, -0.15) is 0 Å². The molecule has 3 aromatic carbocycles. The zero-order valence-electron chi connectivity index (χ0n) is 10.6. The molecule has 0 atom stereocenters. The molecule has 0 heterocycles. The number of fused-ring (bicyclic) bond motifs is 1. The molecule has 1 heteroatoms. The SMILES string of the molecule is Nc1cccc(C=Cc2ccc3ccccc3c2)c1. The van der Waals surface area contributed by atoms with Crippen LogP contribution in [0.1, 0.15) is 11.1 Å². The lowest BCUT2D eigenvalue weighted by Crippen LogP contribution is -1.83. The number of rotatable bonds is 2. The van der Waals surface area contributed by atoms with Gasteiger partial charge in [0.25, 0.3) is 0 Å². The van der Waals surface area contributed by atoms with Gasteiger partial charge in [-0.15, -0.1) is 0 Å². The summed E-state index contributed by atoms with van der Waals surface area (Å²) in [5.41, 5.74) is 8.87. The molecule has 0 unspecified atom stereocenters. The van der Waals surface area contributed by atoms with Crippen molar-refractivity contribution in [2.45, 2.75) is 0 Å². The Labute approximate surface area is 113 Å². The van der Waals surface area contributed by atoms with Crippen LogP contribution in [0.4, 0.5) is 5.69 Å². The van der Waals surface area contributed by atoms with E-state index in [4.69, 9.17) is 5.73 Å². The predicted molar refractivity (Wildman–Crippen MR) is 83.7 cm³/mol. The lowest BCUT2D eigenvalue weighted by atomic mass is 10.1. The number of hydrogen-bond acceptors (Lipinski definition) is 1. The van der Waals surface area contributed by atoms with Crippen molar-refractivity contribution in [3.63, 3.8) is 0 Å². The quantitative estimate of drug-likeness (QED) is 0.518. The van der Waals surface area contributed by atoms with E-state index in [2.05, 4.69) is 54.6 Å². The Balaban J connectivity index is 1.92. The molecule has 0 aliphatic rings. The minimum absolute atomic E-state index is 0.792. The molecule has 3 aromatic rings. The Kier molecular flexibility index (Phi) is 3.03. The first-order valence-corrected chi connectivity index (χ1v) is 6.34. The Morgan fingerprint density at radius 1 is 0.632 bits per heavy atom. The summed E-state index contributed by atoms with van der Waals surface area (Å²) in [5.74, 6) is 0. The van der Waals surface area contributed by atoms with Crippen molar-refractivity contribution in [2.75, 3.05) is 5.73 Å². The fraction of sp³-hybridized carbons (Fsp3) is 0. The van der Waals surface area contributed by atoms with Gasteiger partial charge in [0, 0.05) is 5.69 Å². The van der Waals surface area contributed by atoms with Gasteiger partial charge in [-0.3, -0.25) is 0 Å². The topological polar surface area (TPSA) is 26.0 Å². The number of benzene rings is 3. The fourth-order valence-electron chi connectivity index (χ4n) is 2.17. The standard InChI is InChI=1S/C18H15N/c19-18-7-3-4-14(13-18)8-9-15-10-11-16-5-1-2-6-17(16)12-15/h1-13H,19H2. The lowest BCUT2D eigenvalue weighted by Gasteiger charge is -2.00. The Bertz CT molecular complexity index is 741. The van der Waals surface area contributed by atoms with Gasteiger partial charge in [0.15, 0.2) is 0 Å². The second-order valence-electron chi connectivity index (χ2n) is 4.61. The number of anilines is 1. The first-order valence-electron chi connectivity index (χ1n) is 6.34. The van der Waals surface area contributed by atoms with E-state index in [1.807, 2.05) is 24.3 Å². The van der Waals surface area contributed by atoms with Crippen LogP contribution in [0, 0.1) is 0 Å². The van der Waals surface area contributed by atoms with Crippen molar-refractivity contribution in [1.82, 2.24) is 0 Å². The predicted octanol–water partition coefficient (Wildman–Crippen LogP) is 4.59. The van der Waals surface area contributed by atoms with Crippen molar-refractivity contribution in [3.8, 4) is 0 Å². The molecule has 92 valence electrons. The highest BCUT2D eigenvalue weighted by molar-refractivity contribution is 5.86. The van der Waals surface area contributed by atoms with Crippen LogP contribution in [0.25, 0.3) is 22.9 Å². The van der Waals surface area contributed by atoms with E-state index < -0.39 is 0 Å². The highest BCUT2D eigenvalue weighted by Crippen LogP contribution is 2.17. The molecule has 0 aliphatic heterocycles. The van der Waals surface area contributed by atoms with Gasteiger partial charge < -0.3 is 5.73 Å². The van der Waals surface area contributed by atoms with Gasteiger partial charge in [0.2, 0.25) is 0 Å². The van der Waals surface area contributed by atoms with Gasteiger partial charge in [-0.1, -0.05) is 60.7 Å². The summed E-state index contributed by atoms with van der Waals surface area (Å²) in [6, 6.07) is 22.7. The monoisotopic (exact) mass is 245 g/mol. The molecule has 0 fully saturated rings. The molecule has 1 nitrogen and oxygen atoms in total. The van der Waals surface area contributed by atoms with Gasteiger partial charge in [0.1, 0.15) is 0 Å². The lowest BCUT2D eigenvalue weighted by molar-refractivity contribution is 1.64. The van der Waals surface area contributed by atoms with E-state index in [0.717, 1.165) is 11.3 Å². The molecule has 0 bridgehead atoms. The van der Waals surface area contributed by atoms with Crippen LogP contribution in [0.2, 0.25) is 0 Å². The molecular formula is C18H15N. The fourth-order valence-corrected chi connectivity index (χ4v) is 2.17. The van der Waals surface area contributed by atoms with E-state index in [-0.39, 0.29) is 0 Å². The average Bonchev–Trinajstić information content (AvgIpc) is 2.45. The smallest absolute Gasteiger partial charge is 0.0319 e. The van der Waals surface area contributed by atoms with Crippen LogP contribution in [-0.2, 0) is 0 Å². The van der Waals surface area contributed by atoms with Crippen LogP contribution < -0.4 is 5.73 Å². The minimum Gasteiger partial charge on any atom is -0.399 e. The molecule has 3 rings (SSSR count). The molecule has 0 amide bonds. The summed E-state index contributed by atoms with van der Waals surface area (Å²) in [5, 5.41) is 2.53. The zero-order valence-corrected chi connectivity index (χ0v) is 10.6. The van der Waals surface area contributed by atoms with Crippen molar-refractivity contribution >= 4 is 28.6 Å². The van der Waals surface area contributed by atoms with Gasteiger partial charge >= 0.3 is 0 Å². The third-order valence-corrected chi connectivity index (χ3v) is 3.15. The summed E-state index contributed by atoms with van der Waals surface area (Å²) in [6.45, 7) is 0. The average molecular weight is 245 g/mol. The van der Waals surface area contributed by atoms with E-state index in [9.17, 15) is 0 Å². The van der Waals surface area contributed by atoms with Crippen molar-refractivity contribution in [1.29, 1.82) is 0 Å². The van der Waals surface area contributed by atoms with E-state index in [1.54, 1.807) is 0 Å². The van der Waals surface area contributed by atoms with Gasteiger partial charge in [-0.05, 0) is 40.1 Å². The molecule has 19 heavy (non-hydrogen) atoms. The molecule has 0 aromatic heterocycles. The maximum atomic E-state index is 5.77. The summed E-state index contributed by atoms with van der Waals surface area (Å²) >= 11 is 0. The maximum Gasteiger partial charge on any atom is 0.0319 e. The largest absolute Gasteiger partial charge is 0.399 e. The summed E-state index contributed by atoms with van der Waals surface area (Å²) in [6.07, 6.45) is 4.20. The third kappa shape index (κ3) is 2.66. The molecular weight excluding hydrogens is 230 g/mol. The first-order chi connectivity index (χ1) is 9.31. The molecule has 2 N–H and O–H groups in total. The molecule has 0 radical (unpaired) electrons. The number of nitrogen functional groups attached to an aromatic ring is 1. The second kappa shape index (κ2) is 4.99. The first kappa shape index (κ1) is 11.5. The number of nitrogens with two attached hydrogens (primary N) is 1. The minimum atomic E-state index is 0.792. The summed E-state index contributed by atoms with van der Waals surface area (Å²) < 4.78 is 0. The second-order valence-corrected chi connectivity index (χ2v) is 4.61. The third-order valence-electron chi connectivity index (χ3n) is 3.15. The molecule has 0 saturated heterocycles. The summed E-state index contributed by atoms with van der Waals surface area (Å²) in [7, 11) is 0. The van der Waals surface area contributed by atoms with Crippen LogP contribution in [0.5, 0.6) is 0 Å². The highest BCUT2D eigenvalue weighted by Gasteiger charge is 1.93. The summed E-state index contributed by atoms with van der Waals surface area (Å²) in [4.78, 5) is 0. The van der Waals surface area contributed by atoms with Crippen LogP contribution in [0.3, 0.4) is 0 Å². The highest BCUT2D eigenvalue weighted by atomic mass is 14.5. The molecule has 0 aliphatic carbocycles. The van der Waals surface area contributed by atoms with Crippen molar-refractivity contribution in [3.05, 3.63) is 77.9 Å². The van der Waals surface area contributed by atoms with E-state index in [1.165, 1.54) is 16.3 Å². The zero-order chi connectivity index (χ0) is 13.1. The van der Waals surface area contributed by atoms with Crippen LogP contribution >= 0.6 is 0 Å². The molecule has 0 saturated carbocycles. The Morgan fingerprint density at radius 2 is 1.37 bits per heavy atom. The normalized spacial score (nSPS) is 11.2. The van der Waals surface area contributed by atoms with E-state index in [0.29, 0.717) is 0 Å². The van der Waals surface area contributed by atoms with Gasteiger partial charge in [0.05, 0.1) is 0 Å². The van der Waals surface area contributed by atoms with E-state index >= 15 is 0 Å². The van der Waals surface area contributed by atoms with Crippen LogP contribution in [-0.4, -0.2) is 0 Å². The maximum absolute atomic E-state index is 5.77. The van der Waals surface area contributed by atoms with Crippen molar-refractivity contribution < 1.29 is 0 Å². The number of hydrogen-bond donors (Lipinski definition) is 1. The Morgan fingerprint density at radius 3 is 2.16 bits per heavy atom. The van der Waals surface area contributed by atoms with Crippen molar-refractivity contribution in [2.24, 2.45) is 0 Å². The Hall–Kier alpha value is -2.54. The molecule has 0 spiro atoms. The van der Waals surface area contributed by atoms with Gasteiger partial charge in [-0.25, -0.2) is 0 Å².